The smallest absolute Gasteiger partial charge is 0.409 e. The standard InChI is InChI=1S/C14H22Cl6N2O5/c1-3-5-7-25-11(23)21-9(13(15,16)17)27-10(14(18,19)20)22-12(24)26-8-6-4-2/h9-10H,3-8H2,1-2H3,(H,21,23)(H,22,24)/t9-,10-/m0/s1. The van der Waals surface area contributed by atoms with Crippen LogP contribution in [0.2, 0.25) is 0 Å². The number of alkyl halides is 6. The molecule has 0 aromatic carbocycles. The van der Waals surface area contributed by atoms with Crippen molar-refractivity contribution in [3.05, 3.63) is 0 Å². The molecular formula is C14H22Cl6N2O5. The van der Waals surface area contributed by atoms with Gasteiger partial charge in [-0.2, -0.15) is 0 Å². The lowest BCUT2D eigenvalue weighted by Gasteiger charge is -2.32. The molecule has 0 aromatic heterocycles. The summed E-state index contributed by atoms with van der Waals surface area (Å²) in [6.45, 7) is 4.16. The number of nitrogens with one attached hydrogen (secondary N) is 2. The molecule has 0 unspecified atom stereocenters. The van der Waals surface area contributed by atoms with E-state index < -0.39 is 32.2 Å². The van der Waals surface area contributed by atoms with Crippen molar-refractivity contribution in [2.24, 2.45) is 0 Å². The third-order valence-corrected chi connectivity index (χ3v) is 4.02. The minimum atomic E-state index is -2.16. The van der Waals surface area contributed by atoms with Gasteiger partial charge < -0.3 is 14.2 Å². The number of carbonyl (C=O) groups is 2. The van der Waals surface area contributed by atoms with E-state index in [1.54, 1.807) is 0 Å². The molecule has 27 heavy (non-hydrogen) atoms. The van der Waals surface area contributed by atoms with Crippen molar-refractivity contribution in [1.82, 2.24) is 10.6 Å². The minimum absolute atomic E-state index is 0.158. The Hall–Kier alpha value is 0.240. The van der Waals surface area contributed by atoms with Crippen molar-refractivity contribution in [2.75, 3.05) is 13.2 Å². The van der Waals surface area contributed by atoms with Crippen LogP contribution in [-0.2, 0) is 14.2 Å². The highest BCUT2D eigenvalue weighted by Gasteiger charge is 2.43. The Morgan fingerprint density at radius 2 is 1.11 bits per heavy atom. The molecule has 0 saturated carbocycles. The highest BCUT2D eigenvalue weighted by molar-refractivity contribution is 6.68. The Morgan fingerprint density at radius 3 is 1.37 bits per heavy atom. The maximum atomic E-state index is 11.8. The van der Waals surface area contributed by atoms with Crippen LogP contribution in [0.1, 0.15) is 39.5 Å². The van der Waals surface area contributed by atoms with Gasteiger partial charge in [-0.3, -0.25) is 10.6 Å². The van der Waals surface area contributed by atoms with Gasteiger partial charge in [0.2, 0.25) is 7.59 Å². The Balaban J connectivity index is 5.01. The fourth-order valence-corrected chi connectivity index (χ4v) is 2.07. The highest BCUT2D eigenvalue weighted by Crippen LogP contribution is 2.36. The van der Waals surface area contributed by atoms with Gasteiger partial charge in [0.15, 0.2) is 12.5 Å². The lowest BCUT2D eigenvalue weighted by molar-refractivity contribution is -0.0395. The maximum Gasteiger partial charge on any atom is 0.409 e. The molecule has 0 aromatic rings. The Bertz CT molecular complexity index is 418. The van der Waals surface area contributed by atoms with E-state index >= 15 is 0 Å². The van der Waals surface area contributed by atoms with Crippen LogP contribution in [0, 0.1) is 0 Å². The van der Waals surface area contributed by atoms with Gasteiger partial charge in [0.1, 0.15) is 0 Å². The Kier molecular flexibility index (Phi) is 13.6. The van der Waals surface area contributed by atoms with Crippen LogP contribution in [0.5, 0.6) is 0 Å². The quantitative estimate of drug-likeness (QED) is 0.232. The molecular weight excluding hydrogens is 489 g/mol. The molecule has 0 radical (unpaired) electrons. The molecule has 0 aliphatic heterocycles. The van der Waals surface area contributed by atoms with Crippen LogP contribution in [-0.4, -0.2) is 45.4 Å². The molecule has 0 bridgehead atoms. The molecule has 0 aliphatic carbocycles. The van der Waals surface area contributed by atoms with Crippen molar-refractivity contribution in [3.63, 3.8) is 0 Å². The predicted octanol–water partition coefficient (Wildman–Crippen LogP) is 5.45. The summed E-state index contributed by atoms with van der Waals surface area (Å²) in [6, 6.07) is 0. The number of alkyl carbamates (subject to hydrolysis) is 2. The zero-order valence-electron chi connectivity index (χ0n) is 14.7. The summed E-state index contributed by atoms with van der Waals surface area (Å²) in [5.41, 5.74) is 0. The van der Waals surface area contributed by atoms with E-state index in [1.165, 1.54) is 0 Å². The fraction of sp³-hybridized carbons (Fsp3) is 0.857. The normalized spacial score (nSPS) is 14.2. The number of halogens is 6. The molecule has 0 aliphatic rings. The van der Waals surface area contributed by atoms with Crippen LogP contribution in [0.4, 0.5) is 9.59 Å². The molecule has 0 rings (SSSR count). The van der Waals surface area contributed by atoms with Gasteiger partial charge in [0, 0.05) is 0 Å². The van der Waals surface area contributed by atoms with Gasteiger partial charge >= 0.3 is 12.2 Å². The summed E-state index contributed by atoms with van der Waals surface area (Å²) >= 11 is 34.8. The van der Waals surface area contributed by atoms with E-state index in [-0.39, 0.29) is 13.2 Å². The first kappa shape index (κ1) is 27.2. The van der Waals surface area contributed by atoms with Crippen LogP contribution in [0.3, 0.4) is 0 Å². The predicted molar refractivity (Wildman–Crippen MR) is 108 cm³/mol. The highest BCUT2D eigenvalue weighted by atomic mass is 35.6. The third-order valence-electron chi connectivity index (χ3n) is 2.83. The number of ether oxygens (including phenoxy) is 3. The van der Waals surface area contributed by atoms with E-state index in [2.05, 4.69) is 10.6 Å². The molecule has 0 spiro atoms. The maximum absolute atomic E-state index is 11.8. The van der Waals surface area contributed by atoms with Crippen LogP contribution in [0.25, 0.3) is 0 Å². The molecule has 2 N–H and O–H groups in total. The van der Waals surface area contributed by atoms with Gasteiger partial charge in [-0.1, -0.05) is 96.3 Å². The van der Waals surface area contributed by atoms with Crippen LogP contribution >= 0.6 is 69.6 Å². The molecule has 2 atom stereocenters. The Morgan fingerprint density at radius 1 is 0.778 bits per heavy atom. The van der Waals surface area contributed by atoms with E-state index in [9.17, 15) is 9.59 Å². The number of rotatable bonds is 10. The topological polar surface area (TPSA) is 85.9 Å². The SMILES string of the molecule is CCCCOC(=O)N[C@@H](O[C@H](NC(=O)OCCCC)C(Cl)(Cl)Cl)C(Cl)(Cl)Cl. The number of unbranched alkanes of at least 4 members (excludes halogenated alkanes) is 2. The summed E-state index contributed by atoms with van der Waals surface area (Å²) in [7, 11) is 0. The first-order valence-electron chi connectivity index (χ1n) is 8.07. The van der Waals surface area contributed by atoms with E-state index in [0.717, 1.165) is 12.8 Å². The number of carbonyl (C=O) groups excluding carboxylic acids is 2. The molecule has 160 valence electrons. The minimum Gasteiger partial charge on any atom is -0.450 e. The monoisotopic (exact) mass is 508 g/mol. The van der Waals surface area contributed by atoms with Gasteiger partial charge in [0.05, 0.1) is 13.2 Å². The van der Waals surface area contributed by atoms with Gasteiger partial charge in [-0.05, 0) is 12.8 Å². The van der Waals surface area contributed by atoms with E-state index in [4.69, 9.17) is 83.8 Å². The van der Waals surface area contributed by atoms with Crippen molar-refractivity contribution in [2.45, 2.75) is 59.6 Å². The van der Waals surface area contributed by atoms with Crippen molar-refractivity contribution >= 4 is 81.8 Å². The third kappa shape index (κ3) is 13.2. The zero-order chi connectivity index (χ0) is 21.1. The second kappa shape index (κ2) is 13.5. The van der Waals surface area contributed by atoms with Crippen molar-refractivity contribution < 1.29 is 23.8 Å². The van der Waals surface area contributed by atoms with Crippen LogP contribution in [0.15, 0.2) is 0 Å². The summed E-state index contributed by atoms with van der Waals surface area (Å²) in [5.74, 6) is 0. The summed E-state index contributed by atoms with van der Waals surface area (Å²) in [6.07, 6.45) is -2.10. The zero-order valence-corrected chi connectivity index (χ0v) is 19.2. The van der Waals surface area contributed by atoms with Gasteiger partial charge in [0.25, 0.3) is 0 Å². The Labute approximate surface area is 188 Å². The van der Waals surface area contributed by atoms with E-state index in [1.807, 2.05) is 13.8 Å². The average Bonchev–Trinajstić information content (AvgIpc) is 2.52. The van der Waals surface area contributed by atoms with Gasteiger partial charge in [-0.15, -0.1) is 0 Å². The number of hydrogen-bond donors (Lipinski definition) is 2. The second-order valence-corrected chi connectivity index (χ2v) is 9.98. The molecule has 0 fully saturated rings. The first-order valence-corrected chi connectivity index (χ1v) is 10.3. The summed E-state index contributed by atoms with van der Waals surface area (Å²) < 4.78 is 10.8. The number of amides is 2. The number of hydrogen-bond acceptors (Lipinski definition) is 5. The molecule has 7 nitrogen and oxygen atoms in total. The van der Waals surface area contributed by atoms with E-state index in [0.29, 0.717) is 12.8 Å². The molecule has 0 saturated heterocycles. The molecule has 13 heteroatoms. The van der Waals surface area contributed by atoms with Crippen molar-refractivity contribution in [1.29, 1.82) is 0 Å². The largest absolute Gasteiger partial charge is 0.450 e. The lowest BCUT2D eigenvalue weighted by atomic mass is 10.4. The molecule has 0 heterocycles. The van der Waals surface area contributed by atoms with Gasteiger partial charge in [-0.25, -0.2) is 9.59 Å². The summed E-state index contributed by atoms with van der Waals surface area (Å²) in [5, 5.41) is 4.39. The lowest BCUT2D eigenvalue weighted by Crippen LogP contribution is -2.55. The molecule has 2 amide bonds. The summed E-state index contributed by atoms with van der Waals surface area (Å²) in [4.78, 5) is 23.6. The average molecular weight is 511 g/mol. The second-order valence-electron chi connectivity index (χ2n) is 5.25. The first-order chi connectivity index (χ1) is 12.4. The fourth-order valence-electron chi connectivity index (χ4n) is 1.44. The van der Waals surface area contributed by atoms with Crippen molar-refractivity contribution in [3.8, 4) is 0 Å². The van der Waals surface area contributed by atoms with Crippen LogP contribution < -0.4 is 10.6 Å².